The van der Waals surface area contributed by atoms with E-state index in [0.29, 0.717) is 6.42 Å². The summed E-state index contributed by atoms with van der Waals surface area (Å²) in [6.45, 7) is 0. The Labute approximate surface area is 157 Å². The lowest BCUT2D eigenvalue weighted by molar-refractivity contribution is -0.384. The number of thiophene rings is 1. The molecule has 0 spiro atoms. The Balaban J connectivity index is 1.82. The highest BCUT2D eigenvalue weighted by molar-refractivity contribution is 14.1. The van der Waals surface area contributed by atoms with Gasteiger partial charge in [-0.3, -0.25) is 10.1 Å². The second-order valence-corrected chi connectivity index (χ2v) is 5.93. The van der Waals surface area contributed by atoms with Crippen LogP contribution in [0.25, 0.3) is 0 Å². The highest BCUT2D eigenvalue weighted by atomic mass is 127. The number of non-ortho nitro benzene ring substituents is 1. The molecule has 2 rings (SSSR count). The summed E-state index contributed by atoms with van der Waals surface area (Å²) >= 11 is 3.59. The molecule has 0 aliphatic carbocycles. The molecule has 122 valence electrons. The third-order valence-electron chi connectivity index (χ3n) is 2.89. The number of halogens is 1. The predicted octanol–water partition coefficient (Wildman–Crippen LogP) is 4.65. The largest absolute Gasteiger partial charge is 0.269 e. The lowest BCUT2D eigenvalue weighted by Crippen LogP contribution is -1.90. The molecule has 0 radical (unpaired) electrons. The summed E-state index contributed by atoms with van der Waals surface area (Å²) in [7, 11) is 0. The summed E-state index contributed by atoms with van der Waals surface area (Å²) in [4.78, 5) is 11.2. The van der Waals surface area contributed by atoms with E-state index >= 15 is 0 Å². The van der Waals surface area contributed by atoms with Gasteiger partial charge in [-0.05, 0) is 29.2 Å². The quantitative estimate of drug-likeness (QED) is 0.265. The Morgan fingerprint density at radius 2 is 2.04 bits per heavy atom. The van der Waals surface area contributed by atoms with E-state index < -0.39 is 4.92 Å². The first kappa shape index (κ1) is 18.1. The zero-order valence-electron chi connectivity index (χ0n) is 12.4. The fraction of sp³-hybridized carbons (Fsp3) is 0.0625. The van der Waals surface area contributed by atoms with Crippen LogP contribution in [0.3, 0.4) is 0 Å². The van der Waals surface area contributed by atoms with E-state index in [4.69, 9.17) is 0 Å². The first-order chi connectivity index (χ1) is 11.7. The van der Waals surface area contributed by atoms with Gasteiger partial charge in [-0.15, -0.1) is 11.3 Å². The first-order valence-corrected chi connectivity index (χ1v) is 8.73. The van der Waals surface area contributed by atoms with E-state index in [0.717, 1.165) is 16.2 Å². The van der Waals surface area contributed by atoms with Crippen molar-refractivity contribution in [2.45, 2.75) is 6.42 Å². The zero-order valence-corrected chi connectivity index (χ0v) is 15.4. The van der Waals surface area contributed by atoms with Crippen molar-refractivity contribution in [3.63, 3.8) is 0 Å². The third kappa shape index (κ3) is 5.78. The van der Waals surface area contributed by atoms with Gasteiger partial charge < -0.3 is 0 Å². The summed E-state index contributed by atoms with van der Waals surface area (Å²) in [5.41, 5.74) is 1.90. The molecule has 0 bridgehead atoms. The van der Waals surface area contributed by atoms with Crippen LogP contribution in [-0.2, 0) is 6.42 Å². The molecule has 1 aromatic carbocycles. The molecule has 1 heterocycles. The Bertz CT molecular complexity index is 781. The minimum Gasteiger partial charge on any atom is -0.258 e. The van der Waals surface area contributed by atoms with Crippen molar-refractivity contribution in [1.29, 1.82) is 0 Å². The standard InChI is InChI=1S/C16H13IN4O2S/c17-20-15(16-4-2-12-24-16)3-1-10-18-19-11-9-13-5-7-14(8-6-13)21(22)23/h1-8,10-12H,9H2/b3-1-,18-10+,19-11+,20-15?. The average molecular weight is 452 g/mol. The van der Waals surface area contributed by atoms with Gasteiger partial charge in [0.15, 0.2) is 0 Å². The minimum atomic E-state index is -0.419. The van der Waals surface area contributed by atoms with E-state index in [-0.39, 0.29) is 5.69 Å². The molecule has 0 aliphatic rings. The van der Waals surface area contributed by atoms with Crippen LogP contribution in [0.5, 0.6) is 0 Å². The number of nitro groups is 1. The van der Waals surface area contributed by atoms with Crippen molar-refractivity contribution in [1.82, 2.24) is 0 Å². The number of nitrogens with zero attached hydrogens (tertiary/aromatic N) is 4. The molecular weight excluding hydrogens is 439 g/mol. The molecule has 24 heavy (non-hydrogen) atoms. The molecule has 2 aromatic rings. The maximum Gasteiger partial charge on any atom is 0.269 e. The van der Waals surface area contributed by atoms with Crippen LogP contribution < -0.4 is 0 Å². The maximum atomic E-state index is 10.6. The van der Waals surface area contributed by atoms with Crippen molar-refractivity contribution in [2.75, 3.05) is 0 Å². The summed E-state index contributed by atoms with van der Waals surface area (Å²) in [6, 6.07) is 10.4. The van der Waals surface area contributed by atoms with E-state index in [9.17, 15) is 10.1 Å². The number of hydrogen-bond acceptors (Lipinski definition) is 6. The van der Waals surface area contributed by atoms with Crippen molar-refractivity contribution in [3.05, 3.63) is 74.5 Å². The van der Waals surface area contributed by atoms with Crippen LogP contribution in [0.1, 0.15) is 10.4 Å². The van der Waals surface area contributed by atoms with Crippen molar-refractivity contribution in [3.8, 4) is 0 Å². The maximum absolute atomic E-state index is 10.6. The molecule has 0 saturated heterocycles. The highest BCUT2D eigenvalue weighted by Gasteiger charge is 2.02. The van der Waals surface area contributed by atoms with Gasteiger partial charge in [0, 0.05) is 31.0 Å². The fourth-order valence-corrected chi connectivity index (χ4v) is 3.01. The molecule has 0 atom stereocenters. The monoisotopic (exact) mass is 452 g/mol. The van der Waals surface area contributed by atoms with Crippen LogP contribution in [0, 0.1) is 10.1 Å². The van der Waals surface area contributed by atoms with Crippen molar-refractivity contribution >= 4 is 58.0 Å². The lowest BCUT2D eigenvalue weighted by Gasteiger charge is -1.94. The summed E-state index contributed by atoms with van der Waals surface area (Å²) in [5, 5.41) is 20.4. The Morgan fingerprint density at radius 1 is 1.25 bits per heavy atom. The SMILES string of the molecule is O=[N+]([O-])c1ccc(C/C=N/N=C/C=C\C(=NI)c2cccs2)cc1. The molecule has 0 unspecified atom stereocenters. The Hall–Kier alpha value is -2.20. The average Bonchev–Trinajstić information content (AvgIpc) is 3.12. The molecule has 0 aliphatic heterocycles. The van der Waals surface area contributed by atoms with Crippen LogP contribution in [-0.4, -0.2) is 23.1 Å². The minimum absolute atomic E-state index is 0.0809. The van der Waals surface area contributed by atoms with E-state index in [1.165, 1.54) is 12.1 Å². The Kier molecular flexibility index (Phi) is 7.43. The van der Waals surface area contributed by atoms with Gasteiger partial charge >= 0.3 is 0 Å². The first-order valence-electron chi connectivity index (χ1n) is 6.88. The van der Waals surface area contributed by atoms with Crippen LogP contribution in [0.2, 0.25) is 0 Å². The number of nitro benzene ring substituents is 1. The zero-order chi connectivity index (χ0) is 17.2. The molecule has 0 N–H and O–H groups in total. The van der Waals surface area contributed by atoms with Crippen molar-refractivity contribution in [2.24, 2.45) is 13.4 Å². The van der Waals surface area contributed by atoms with Gasteiger partial charge in [0.1, 0.15) is 0 Å². The van der Waals surface area contributed by atoms with E-state index in [2.05, 4.69) is 13.4 Å². The van der Waals surface area contributed by atoms with Gasteiger partial charge in [-0.1, -0.05) is 18.2 Å². The summed E-state index contributed by atoms with van der Waals surface area (Å²) < 4.78 is 4.19. The van der Waals surface area contributed by atoms with Crippen LogP contribution >= 0.6 is 34.2 Å². The van der Waals surface area contributed by atoms with Crippen LogP contribution in [0.4, 0.5) is 5.69 Å². The summed E-state index contributed by atoms with van der Waals surface area (Å²) in [5.74, 6) is 0. The molecule has 8 heteroatoms. The number of hydrogen-bond donors (Lipinski definition) is 0. The summed E-state index contributed by atoms with van der Waals surface area (Å²) in [6.07, 6.45) is 7.45. The molecule has 0 saturated carbocycles. The van der Waals surface area contributed by atoms with Gasteiger partial charge in [0.05, 0.1) is 38.4 Å². The topological polar surface area (TPSA) is 80.2 Å². The smallest absolute Gasteiger partial charge is 0.258 e. The van der Waals surface area contributed by atoms with E-state index in [1.54, 1.807) is 42.0 Å². The molecular formula is C16H13IN4O2S. The highest BCUT2D eigenvalue weighted by Crippen LogP contribution is 2.13. The lowest BCUT2D eigenvalue weighted by atomic mass is 10.1. The Morgan fingerprint density at radius 3 is 2.67 bits per heavy atom. The molecule has 6 nitrogen and oxygen atoms in total. The van der Waals surface area contributed by atoms with Gasteiger partial charge in [-0.2, -0.15) is 10.2 Å². The molecule has 1 aromatic heterocycles. The second-order valence-electron chi connectivity index (χ2n) is 4.50. The van der Waals surface area contributed by atoms with Gasteiger partial charge in [0.2, 0.25) is 0 Å². The fourth-order valence-electron chi connectivity index (χ4n) is 1.73. The van der Waals surface area contributed by atoms with Gasteiger partial charge in [-0.25, -0.2) is 3.21 Å². The normalized spacial score (nSPS) is 12.6. The predicted molar refractivity (Wildman–Crippen MR) is 108 cm³/mol. The number of rotatable bonds is 7. The van der Waals surface area contributed by atoms with Crippen LogP contribution in [0.15, 0.2) is 67.3 Å². The molecule has 0 amide bonds. The third-order valence-corrected chi connectivity index (χ3v) is 4.31. The number of benzene rings is 1. The van der Waals surface area contributed by atoms with Gasteiger partial charge in [0.25, 0.3) is 5.69 Å². The number of allylic oxidation sites excluding steroid dienone is 2. The van der Waals surface area contributed by atoms with E-state index in [1.807, 2.05) is 46.5 Å². The second kappa shape index (κ2) is 9.83. The van der Waals surface area contributed by atoms with Crippen molar-refractivity contribution < 1.29 is 4.92 Å². The molecule has 0 fully saturated rings.